The Morgan fingerprint density at radius 2 is 1.69 bits per heavy atom. The smallest absolute Gasteiger partial charge is 0.279 e. The number of aryl methyl sites for hydroxylation is 1. The Labute approximate surface area is 154 Å². The third-order valence-corrected chi connectivity index (χ3v) is 4.09. The van der Waals surface area contributed by atoms with Gasteiger partial charge in [0.15, 0.2) is 13.1 Å². The summed E-state index contributed by atoms with van der Waals surface area (Å²) in [4.78, 5) is 25.4. The van der Waals surface area contributed by atoms with E-state index in [0.29, 0.717) is 18.0 Å². The Hall–Kier alpha value is -2.86. The van der Waals surface area contributed by atoms with E-state index >= 15 is 0 Å². The van der Waals surface area contributed by atoms with E-state index in [-0.39, 0.29) is 24.9 Å². The molecule has 2 amide bonds. The minimum atomic E-state index is -0.140. The summed E-state index contributed by atoms with van der Waals surface area (Å²) in [6, 6.07) is 14.8. The van der Waals surface area contributed by atoms with Crippen molar-refractivity contribution in [3.63, 3.8) is 0 Å². The van der Waals surface area contributed by atoms with Gasteiger partial charge >= 0.3 is 0 Å². The number of hydrogen-bond donors (Lipinski definition) is 3. The van der Waals surface area contributed by atoms with Crippen LogP contribution in [0.15, 0.2) is 48.5 Å². The van der Waals surface area contributed by atoms with Crippen molar-refractivity contribution in [2.24, 2.45) is 0 Å². The van der Waals surface area contributed by atoms with Gasteiger partial charge < -0.3 is 20.3 Å². The summed E-state index contributed by atoms with van der Waals surface area (Å²) < 4.78 is 5.15. The molecule has 26 heavy (non-hydrogen) atoms. The van der Waals surface area contributed by atoms with Crippen LogP contribution < -0.4 is 20.3 Å². The van der Waals surface area contributed by atoms with E-state index in [9.17, 15) is 9.59 Å². The van der Waals surface area contributed by atoms with Crippen molar-refractivity contribution in [1.82, 2.24) is 0 Å². The molecule has 6 nitrogen and oxygen atoms in total. The maximum Gasteiger partial charge on any atom is 0.279 e. The molecule has 0 aliphatic carbocycles. The number of nitrogens with one attached hydrogen (secondary N) is 3. The van der Waals surface area contributed by atoms with Crippen molar-refractivity contribution in [1.29, 1.82) is 0 Å². The summed E-state index contributed by atoms with van der Waals surface area (Å²) in [5.74, 6) is 0.434. The highest BCUT2D eigenvalue weighted by Gasteiger charge is 2.17. The van der Waals surface area contributed by atoms with Gasteiger partial charge in [-0.2, -0.15) is 0 Å². The van der Waals surface area contributed by atoms with E-state index in [2.05, 4.69) is 10.6 Å². The average Bonchev–Trinajstić information content (AvgIpc) is 2.63. The molecule has 0 heterocycles. The molecule has 6 heteroatoms. The van der Waals surface area contributed by atoms with Crippen molar-refractivity contribution < 1.29 is 19.2 Å². The maximum absolute atomic E-state index is 12.3. The summed E-state index contributed by atoms with van der Waals surface area (Å²) in [5, 5.41) is 5.75. The third-order valence-electron chi connectivity index (χ3n) is 4.09. The molecule has 2 aromatic carbocycles. The number of likely N-dealkylation sites (N-methyl/N-ethyl adjacent to an activating group) is 1. The van der Waals surface area contributed by atoms with Gasteiger partial charge in [0, 0.05) is 17.4 Å². The third kappa shape index (κ3) is 5.89. The van der Waals surface area contributed by atoms with Gasteiger partial charge in [-0.1, -0.05) is 24.3 Å². The van der Waals surface area contributed by atoms with Crippen LogP contribution in [0, 0.1) is 6.92 Å². The van der Waals surface area contributed by atoms with Gasteiger partial charge in [0.1, 0.15) is 5.75 Å². The highest BCUT2D eigenvalue weighted by molar-refractivity contribution is 5.93. The van der Waals surface area contributed by atoms with Crippen LogP contribution in [-0.2, 0) is 9.59 Å². The fourth-order valence-corrected chi connectivity index (χ4v) is 2.58. The Kier molecular flexibility index (Phi) is 7.17. The zero-order chi connectivity index (χ0) is 18.9. The second-order valence-corrected chi connectivity index (χ2v) is 6.10. The van der Waals surface area contributed by atoms with Gasteiger partial charge in [0.2, 0.25) is 0 Å². The van der Waals surface area contributed by atoms with Gasteiger partial charge in [0.25, 0.3) is 11.8 Å². The number of benzene rings is 2. The van der Waals surface area contributed by atoms with Gasteiger partial charge in [-0.05, 0) is 37.6 Å². The topological polar surface area (TPSA) is 71.9 Å². The molecule has 3 N–H and O–H groups in total. The molecule has 0 fully saturated rings. The van der Waals surface area contributed by atoms with Crippen molar-refractivity contribution in [2.75, 3.05) is 37.4 Å². The monoisotopic (exact) mass is 356 g/mol. The lowest BCUT2D eigenvalue weighted by Crippen LogP contribution is -3.13. The second-order valence-electron chi connectivity index (χ2n) is 6.10. The maximum atomic E-state index is 12.3. The number of amides is 2. The summed E-state index contributed by atoms with van der Waals surface area (Å²) in [7, 11) is 1.58. The zero-order valence-corrected chi connectivity index (χ0v) is 15.5. The normalized spacial score (nSPS) is 11.5. The van der Waals surface area contributed by atoms with Crippen molar-refractivity contribution in [2.45, 2.75) is 13.8 Å². The van der Waals surface area contributed by atoms with Crippen LogP contribution in [0.25, 0.3) is 0 Å². The number of para-hydroxylation sites is 1. The molecule has 0 saturated carbocycles. The van der Waals surface area contributed by atoms with Crippen molar-refractivity contribution in [3.05, 3.63) is 54.1 Å². The number of anilines is 2. The van der Waals surface area contributed by atoms with E-state index in [1.165, 1.54) is 0 Å². The summed E-state index contributed by atoms with van der Waals surface area (Å²) in [6.07, 6.45) is 0. The first-order chi connectivity index (χ1) is 12.5. The Morgan fingerprint density at radius 3 is 2.35 bits per heavy atom. The van der Waals surface area contributed by atoms with Gasteiger partial charge in [0.05, 0.1) is 13.7 Å². The Morgan fingerprint density at radius 1 is 1.00 bits per heavy atom. The molecule has 138 valence electrons. The van der Waals surface area contributed by atoms with E-state index in [1.807, 2.05) is 50.2 Å². The second kappa shape index (κ2) is 9.58. The summed E-state index contributed by atoms with van der Waals surface area (Å²) >= 11 is 0. The number of rotatable bonds is 8. The molecule has 0 aliphatic rings. The van der Waals surface area contributed by atoms with E-state index in [0.717, 1.165) is 16.2 Å². The van der Waals surface area contributed by atoms with Crippen LogP contribution in [0.1, 0.15) is 12.5 Å². The highest BCUT2D eigenvalue weighted by atomic mass is 16.5. The van der Waals surface area contributed by atoms with Crippen molar-refractivity contribution in [3.8, 4) is 5.75 Å². The summed E-state index contributed by atoms with van der Waals surface area (Å²) in [5.41, 5.74) is 2.48. The molecule has 0 bridgehead atoms. The largest absolute Gasteiger partial charge is 0.497 e. The first-order valence-corrected chi connectivity index (χ1v) is 8.64. The standard InChI is InChI=1S/C20H25N3O3/c1-4-23(14-20(25)22-18-11-6-5-8-15(18)2)13-19(24)21-16-9-7-10-17(12-16)26-3/h5-12H,4,13-14H2,1-3H3,(H,21,24)(H,22,25)/p+1. The quantitative estimate of drug-likeness (QED) is 0.671. The van der Waals surface area contributed by atoms with E-state index < -0.39 is 0 Å². The average molecular weight is 356 g/mol. The van der Waals surface area contributed by atoms with Gasteiger partial charge in [-0.15, -0.1) is 0 Å². The van der Waals surface area contributed by atoms with E-state index in [1.54, 1.807) is 19.2 Å². The van der Waals surface area contributed by atoms with Crippen molar-refractivity contribution >= 4 is 23.2 Å². The molecule has 0 aliphatic heterocycles. The first kappa shape index (κ1) is 19.5. The number of hydrogen-bond acceptors (Lipinski definition) is 3. The number of quaternary nitrogens is 1. The highest BCUT2D eigenvalue weighted by Crippen LogP contribution is 2.16. The lowest BCUT2D eigenvalue weighted by atomic mass is 10.2. The number of ether oxygens (including phenoxy) is 1. The molecule has 0 spiro atoms. The van der Waals surface area contributed by atoms with Crippen LogP contribution >= 0.6 is 0 Å². The van der Waals surface area contributed by atoms with Crippen LogP contribution in [0.4, 0.5) is 11.4 Å². The minimum absolute atomic E-state index is 0.106. The van der Waals surface area contributed by atoms with Crippen LogP contribution in [0.3, 0.4) is 0 Å². The molecule has 0 radical (unpaired) electrons. The Balaban J connectivity index is 1.88. The first-order valence-electron chi connectivity index (χ1n) is 8.64. The van der Waals surface area contributed by atoms with Gasteiger partial charge in [-0.25, -0.2) is 0 Å². The molecular weight excluding hydrogens is 330 g/mol. The van der Waals surface area contributed by atoms with Crippen LogP contribution in [0.2, 0.25) is 0 Å². The molecule has 0 saturated heterocycles. The van der Waals surface area contributed by atoms with Gasteiger partial charge in [-0.3, -0.25) is 9.59 Å². The zero-order valence-electron chi connectivity index (χ0n) is 15.5. The fraction of sp³-hybridized carbons (Fsp3) is 0.300. The predicted molar refractivity (Wildman–Crippen MR) is 103 cm³/mol. The number of carbonyl (C=O) groups is 2. The fourth-order valence-electron chi connectivity index (χ4n) is 2.58. The number of methoxy groups -OCH3 is 1. The molecule has 2 aromatic rings. The molecule has 1 atom stereocenters. The number of carbonyl (C=O) groups excluding carboxylic acids is 2. The molecule has 1 unspecified atom stereocenters. The predicted octanol–water partition coefficient (Wildman–Crippen LogP) is 1.49. The van der Waals surface area contributed by atoms with E-state index in [4.69, 9.17) is 4.74 Å². The molecule has 0 aromatic heterocycles. The molecule has 2 rings (SSSR count). The Bertz CT molecular complexity index is 761. The lowest BCUT2D eigenvalue weighted by molar-refractivity contribution is -0.881. The SMILES string of the molecule is CC[NH+](CC(=O)Nc1cccc(OC)c1)CC(=O)Nc1ccccc1C. The molecular formula is C20H26N3O3+. The minimum Gasteiger partial charge on any atom is -0.497 e. The summed E-state index contributed by atoms with van der Waals surface area (Å²) in [6.45, 7) is 5.02. The van der Waals surface area contributed by atoms with Crippen LogP contribution in [-0.4, -0.2) is 38.6 Å². The lowest BCUT2D eigenvalue weighted by Gasteiger charge is -2.17. The van der Waals surface area contributed by atoms with Crippen LogP contribution in [0.5, 0.6) is 5.75 Å².